The van der Waals surface area contributed by atoms with Gasteiger partial charge in [0.25, 0.3) is 0 Å². The van der Waals surface area contributed by atoms with Gasteiger partial charge in [0, 0.05) is 23.5 Å². The van der Waals surface area contributed by atoms with Gasteiger partial charge in [-0.1, -0.05) is 0 Å². The summed E-state index contributed by atoms with van der Waals surface area (Å²) in [7, 11) is 0. The highest BCUT2D eigenvalue weighted by atomic mass is 19.4. The molecule has 37 heavy (non-hydrogen) atoms. The van der Waals surface area contributed by atoms with Crippen LogP contribution in [0.2, 0.25) is 0 Å². The highest BCUT2D eigenvalue weighted by molar-refractivity contribution is 5.99. The summed E-state index contributed by atoms with van der Waals surface area (Å²) in [6, 6.07) is 6.20. The zero-order chi connectivity index (χ0) is 27.3. The summed E-state index contributed by atoms with van der Waals surface area (Å²) < 4.78 is 52.3. The number of carbonyl (C=O) groups is 3. The highest BCUT2D eigenvalue weighted by Crippen LogP contribution is 2.32. The number of nitrogens with zero attached hydrogens (tertiary/aromatic N) is 4. The molecule has 0 saturated carbocycles. The molecule has 3 rings (SSSR count). The SMILES string of the molecule is N#Cc1c(-c2ccc(NC(=O)Nc3cc(C(F)(F)F)ccc3F)nc2)ccnc1NN(C(=O)O)C(=O)O. The summed E-state index contributed by atoms with van der Waals surface area (Å²) in [6.07, 6.45) is -6.13. The number of rotatable bonds is 5. The molecule has 0 spiro atoms. The number of pyridine rings is 2. The van der Waals surface area contributed by atoms with E-state index in [4.69, 9.17) is 10.2 Å². The second-order valence-electron chi connectivity index (χ2n) is 6.91. The number of benzene rings is 1. The van der Waals surface area contributed by atoms with Crippen LogP contribution in [-0.2, 0) is 6.18 Å². The number of nitrogens with one attached hydrogen (secondary N) is 3. The van der Waals surface area contributed by atoms with Crippen LogP contribution < -0.4 is 16.1 Å². The van der Waals surface area contributed by atoms with Gasteiger partial charge in [-0.2, -0.15) is 18.4 Å². The lowest BCUT2D eigenvalue weighted by Crippen LogP contribution is -2.39. The molecule has 16 heteroatoms. The molecule has 0 unspecified atom stereocenters. The predicted octanol–water partition coefficient (Wildman–Crippen LogP) is 4.80. The first-order valence-corrected chi connectivity index (χ1v) is 9.73. The normalized spacial score (nSPS) is 10.7. The number of carboxylic acid groups (broad SMARTS) is 2. The van der Waals surface area contributed by atoms with Gasteiger partial charge < -0.3 is 15.5 Å². The molecule has 0 aliphatic heterocycles. The summed E-state index contributed by atoms with van der Waals surface area (Å²) in [4.78, 5) is 42.0. The minimum absolute atomic E-state index is 0.0949. The Hall–Kier alpha value is -5.46. The van der Waals surface area contributed by atoms with Crippen molar-refractivity contribution in [3.63, 3.8) is 0 Å². The van der Waals surface area contributed by atoms with Crippen molar-refractivity contribution in [1.29, 1.82) is 5.26 Å². The van der Waals surface area contributed by atoms with Crippen LogP contribution in [0.15, 0.2) is 48.8 Å². The number of hydrazine groups is 1. The zero-order valence-corrected chi connectivity index (χ0v) is 18.0. The van der Waals surface area contributed by atoms with E-state index in [0.717, 1.165) is 0 Å². The van der Waals surface area contributed by atoms with Crippen molar-refractivity contribution < 1.29 is 42.2 Å². The minimum Gasteiger partial charge on any atom is -0.463 e. The van der Waals surface area contributed by atoms with Crippen LogP contribution in [0.25, 0.3) is 11.1 Å². The van der Waals surface area contributed by atoms with Crippen molar-refractivity contribution in [2.45, 2.75) is 6.18 Å². The lowest BCUT2D eigenvalue weighted by atomic mass is 10.0. The van der Waals surface area contributed by atoms with Crippen molar-refractivity contribution >= 4 is 35.5 Å². The molecular weight excluding hydrogens is 506 g/mol. The number of aromatic nitrogens is 2. The fraction of sp³-hybridized carbons (Fsp3) is 0.0476. The van der Waals surface area contributed by atoms with Crippen molar-refractivity contribution in [2.24, 2.45) is 0 Å². The molecule has 0 atom stereocenters. The maximum atomic E-state index is 13.8. The maximum Gasteiger partial charge on any atom is 0.436 e. The third-order valence-electron chi connectivity index (χ3n) is 4.52. The average molecular weight is 519 g/mol. The molecule has 0 aliphatic carbocycles. The number of halogens is 4. The molecular formula is C21H13F4N7O5. The summed E-state index contributed by atoms with van der Waals surface area (Å²) in [5.74, 6) is -1.57. The third-order valence-corrected chi connectivity index (χ3v) is 4.52. The molecule has 0 saturated heterocycles. The summed E-state index contributed by atoms with van der Waals surface area (Å²) in [5.41, 5.74) is 0.340. The number of alkyl halides is 3. The number of carbonyl (C=O) groups excluding carboxylic acids is 1. The molecule has 2 heterocycles. The lowest BCUT2D eigenvalue weighted by molar-refractivity contribution is -0.137. The van der Waals surface area contributed by atoms with Crippen LogP contribution in [-0.4, -0.2) is 43.4 Å². The van der Waals surface area contributed by atoms with Crippen molar-refractivity contribution in [3.05, 3.63) is 65.7 Å². The average Bonchev–Trinajstić information content (AvgIpc) is 2.83. The Morgan fingerprint density at radius 3 is 2.27 bits per heavy atom. The van der Waals surface area contributed by atoms with Gasteiger partial charge in [-0.15, -0.1) is 5.01 Å². The first-order valence-electron chi connectivity index (χ1n) is 9.73. The molecule has 4 amide bonds. The van der Waals surface area contributed by atoms with Crippen molar-refractivity contribution in [2.75, 3.05) is 16.1 Å². The molecule has 2 aromatic heterocycles. The van der Waals surface area contributed by atoms with Crippen LogP contribution in [0.5, 0.6) is 0 Å². The number of nitriles is 1. The van der Waals surface area contributed by atoms with E-state index in [1.165, 1.54) is 30.6 Å². The Labute approximate surface area is 203 Å². The number of hydrogen-bond donors (Lipinski definition) is 5. The Balaban J connectivity index is 1.79. The van der Waals surface area contributed by atoms with Crippen molar-refractivity contribution in [1.82, 2.24) is 15.0 Å². The van der Waals surface area contributed by atoms with Crippen LogP contribution in [0, 0.1) is 17.1 Å². The molecule has 0 bridgehead atoms. The van der Waals surface area contributed by atoms with Gasteiger partial charge in [0.2, 0.25) is 0 Å². The van der Waals surface area contributed by atoms with Crippen LogP contribution >= 0.6 is 0 Å². The monoisotopic (exact) mass is 519 g/mol. The van der Waals surface area contributed by atoms with Crippen molar-refractivity contribution in [3.8, 4) is 17.2 Å². The first kappa shape index (κ1) is 26.2. The number of imide groups is 1. The molecule has 5 N–H and O–H groups in total. The van der Waals surface area contributed by atoms with Gasteiger partial charge in [0.05, 0.1) is 11.3 Å². The molecule has 1 aromatic carbocycles. The second-order valence-corrected chi connectivity index (χ2v) is 6.91. The number of amides is 4. The Morgan fingerprint density at radius 2 is 1.70 bits per heavy atom. The van der Waals surface area contributed by atoms with Gasteiger partial charge in [0.15, 0.2) is 5.82 Å². The van der Waals surface area contributed by atoms with E-state index >= 15 is 0 Å². The first-order chi connectivity index (χ1) is 17.4. The largest absolute Gasteiger partial charge is 0.463 e. The topological polar surface area (TPSA) is 181 Å². The van der Waals surface area contributed by atoms with Crippen LogP contribution in [0.1, 0.15) is 11.1 Å². The quantitative estimate of drug-likeness (QED) is 0.234. The summed E-state index contributed by atoms with van der Waals surface area (Å²) in [6.45, 7) is 0. The second kappa shape index (κ2) is 10.4. The molecule has 0 radical (unpaired) electrons. The summed E-state index contributed by atoms with van der Waals surface area (Å²) >= 11 is 0. The molecule has 0 fully saturated rings. The van der Waals surface area contributed by atoms with Gasteiger partial charge in [-0.3, -0.25) is 10.7 Å². The predicted molar refractivity (Wildman–Crippen MR) is 118 cm³/mol. The molecule has 3 aromatic rings. The number of hydrogen-bond acceptors (Lipinski definition) is 7. The fourth-order valence-corrected chi connectivity index (χ4v) is 2.88. The Kier molecular flexibility index (Phi) is 7.37. The van der Waals surface area contributed by atoms with Gasteiger partial charge in [-0.25, -0.2) is 28.7 Å². The molecule has 0 aliphatic rings. The van der Waals surface area contributed by atoms with E-state index in [2.05, 4.69) is 15.3 Å². The van der Waals surface area contributed by atoms with Gasteiger partial charge >= 0.3 is 24.4 Å². The minimum atomic E-state index is -4.75. The maximum absolute atomic E-state index is 13.8. The van der Waals surface area contributed by atoms with Crippen LogP contribution in [0.3, 0.4) is 0 Å². The Morgan fingerprint density at radius 1 is 1.00 bits per heavy atom. The summed E-state index contributed by atoms with van der Waals surface area (Å²) in [5, 5.41) is 31.4. The van der Waals surface area contributed by atoms with Gasteiger partial charge in [0.1, 0.15) is 23.3 Å². The van der Waals surface area contributed by atoms with E-state index in [0.29, 0.717) is 18.2 Å². The van der Waals surface area contributed by atoms with E-state index in [-0.39, 0.29) is 33.3 Å². The highest BCUT2D eigenvalue weighted by Gasteiger charge is 2.31. The van der Waals surface area contributed by atoms with Crippen LogP contribution in [0.4, 0.5) is 49.3 Å². The third kappa shape index (κ3) is 6.16. The van der Waals surface area contributed by atoms with E-state index in [1.807, 2.05) is 10.7 Å². The zero-order valence-electron chi connectivity index (χ0n) is 18.0. The van der Waals surface area contributed by atoms with E-state index < -0.39 is 41.5 Å². The Bertz CT molecular complexity index is 1390. The fourth-order valence-electron chi connectivity index (χ4n) is 2.88. The smallest absolute Gasteiger partial charge is 0.436 e. The number of urea groups is 1. The van der Waals surface area contributed by atoms with E-state index in [1.54, 1.807) is 6.07 Å². The lowest BCUT2D eigenvalue weighted by Gasteiger charge is -2.17. The molecule has 12 nitrogen and oxygen atoms in total. The number of anilines is 3. The standard InChI is InChI=1S/C21H13F4N7O5/c22-14-3-2-11(21(23,24)25)7-15(14)29-18(33)30-16-4-1-10(9-28-16)12-5-6-27-17(13(12)8-26)31-32(19(34)35)20(36)37/h1-7,9H,(H,27,31)(H,34,35)(H,36,37)(H2,28,29,30,33). The van der Waals surface area contributed by atoms with E-state index in [9.17, 15) is 37.2 Å². The van der Waals surface area contributed by atoms with Gasteiger partial charge in [-0.05, 0) is 36.4 Å². The molecule has 190 valence electrons.